The summed E-state index contributed by atoms with van der Waals surface area (Å²) in [5, 5.41) is 9.69. The zero-order valence-electron chi connectivity index (χ0n) is 12.0. The highest BCUT2D eigenvalue weighted by atomic mass is 79.9. The smallest absolute Gasteiger partial charge is 0.229 e. The van der Waals surface area contributed by atoms with E-state index in [1.54, 1.807) is 0 Å². The monoisotopic (exact) mass is 351 g/mol. The molecule has 0 spiro atoms. The van der Waals surface area contributed by atoms with Gasteiger partial charge in [0.25, 0.3) is 0 Å². The molecule has 0 aliphatic rings. The summed E-state index contributed by atoms with van der Waals surface area (Å²) in [4.78, 5) is 11.8. The summed E-state index contributed by atoms with van der Waals surface area (Å²) >= 11 is 3.37. The molecular formula is C15H18BrN3O2. The van der Waals surface area contributed by atoms with Crippen LogP contribution in [0.4, 0.5) is 5.82 Å². The summed E-state index contributed by atoms with van der Waals surface area (Å²) in [7, 11) is 0. The Labute approximate surface area is 132 Å². The Morgan fingerprint density at radius 1 is 1.43 bits per heavy atom. The molecule has 0 fully saturated rings. The maximum absolute atomic E-state index is 11.8. The second-order valence-corrected chi connectivity index (χ2v) is 5.88. The lowest BCUT2D eigenvalue weighted by molar-refractivity contribution is -0.116. The zero-order chi connectivity index (χ0) is 15.2. The van der Waals surface area contributed by atoms with Gasteiger partial charge < -0.3 is 10.1 Å². The van der Waals surface area contributed by atoms with Crippen molar-refractivity contribution < 1.29 is 9.53 Å². The Morgan fingerprint density at radius 3 is 2.90 bits per heavy atom. The van der Waals surface area contributed by atoms with Crippen molar-refractivity contribution in [2.75, 3.05) is 11.9 Å². The molecule has 0 saturated carbocycles. The van der Waals surface area contributed by atoms with Crippen LogP contribution in [0.5, 0.6) is 5.75 Å². The standard InChI is InChI=1S/C15H18BrN3O2/c1-10(2)13-9-14(19-18-13)17-15(20)6-7-21-12-5-3-4-11(16)8-12/h3-5,8-10H,6-7H2,1-2H3,(H2,17,18,19,20). The van der Waals surface area contributed by atoms with Gasteiger partial charge in [-0.1, -0.05) is 35.8 Å². The first-order chi connectivity index (χ1) is 10.0. The van der Waals surface area contributed by atoms with E-state index >= 15 is 0 Å². The molecule has 21 heavy (non-hydrogen) atoms. The number of nitrogens with one attached hydrogen (secondary N) is 2. The summed E-state index contributed by atoms with van der Waals surface area (Å²) < 4.78 is 6.47. The first kappa shape index (κ1) is 15.6. The summed E-state index contributed by atoms with van der Waals surface area (Å²) in [6.45, 7) is 4.44. The van der Waals surface area contributed by atoms with Gasteiger partial charge in [0.2, 0.25) is 5.91 Å². The van der Waals surface area contributed by atoms with Gasteiger partial charge in [-0.15, -0.1) is 0 Å². The third-order valence-corrected chi connectivity index (χ3v) is 3.37. The molecule has 112 valence electrons. The van der Waals surface area contributed by atoms with Crippen molar-refractivity contribution in [3.05, 3.63) is 40.5 Å². The lowest BCUT2D eigenvalue weighted by Crippen LogP contribution is -2.15. The fourth-order valence-corrected chi connectivity index (χ4v) is 2.10. The largest absolute Gasteiger partial charge is 0.493 e. The van der Waals surface area contributed by atoms with E-state index in [2.05, 4.69) is 45.3 Å². The minimum Gasteiger partial charge on any atom is -0.493 e. The Kier molecular flexibility index (Phi) is 5.38. The van der Waals surface area contributed by atoms with Gasteiger partial charge in [0, 0.05) is 16.2 Å². The minimum atomic E-state index is -0.119. The third kappa shape index (κ3) is 4.90. The third-order valence-electron chi connectivity index (χ3n) is 2.88. The molecule has 0 saturated heterocycles. The van der Waals surface area contributed by atoms with E-state index in [-0.39, 0.29) is 12.3 Å². The maximum atomic E-state index is 11.8. The van der Waals surface area contributed by atoms with Gasteiger partial charge in [-0.25, -0.2) is 0 Å². The number of halogens is 1. The molecule has 2 rings (SSSR count). The van der Waals surface area contributed by atoms with Crippen LogP contribution in [0.1, 0.15) is 31.9 Å². The van der Waals surface area contributed by atoms with Crippen molar-refractivity contribution in [2.24, 2.45) is 0 Å². The summed E-state index contributed by atoms with van der Waals surface area (Å²) in [6, 6.07) is 9.36. The van der Waals surface area contributed by atoms with Crippen molar-refractivity contribution in [2.45, 2.75) is 26.2 Å². The maximum Gasteiger partial charge on any atom is 0.229 e. The Bertz CT molecular complexity index is 610. The van der Waals surface area contributed by atoms with Crippen LogP contribution in [0.3, 0.4) is 0 Å². The van der Waals surface area contributed by atoms with E-state index < -0.39 is 0 Å². The number of aromatic nitrogens is 2. The number of hydrogen-bond acceptors (Lipinski definition) is 3. The number of nitrogens with zero attached hydrogens (tertiary/aromatic N) is 1. The number of aromatic amines is 1. The highest BCUT2D eigenvalue weighted by Crippen LogP contribution is 2.18. The number of carbonyl (C=O) groups excluding carboxylic acids is 1. The van der Waals surface area contributed by atoms with Gasteiger partial charge >= 0.3 is 0 Å². The van der Waals surface area contributed by atoms with Crippen molar-refractivity contribution in [1.82, 2.24) is 10.2 Å². The number of anilines is 1. The molecule has 1 amide bonds. The zero-order valence-corrected chi connectivity index (χ0v) is 13.6. The van der Waals surface area contributed by atoms with Crippen LogP contribution < -0.4 is 10.1 Å². The Morgan fingerprint density at radius 2 is 2.24 bits per heavy atom. The molecule has 6 heteroatoms. The highest BCUT2D eigenvalue weighted by Gasteiger charge is 2.08. The number of hydrogen-bond donors (Lipinski definition) is 2. The van der Waals surface area contributed by atoms with Gasteiger partial charge in [-0.3, -0.25) is 9.89 Å². The summed E-state index contributed by atoms with van der Waals surface area (Å²) in [5.74, 6) is 1.51. The molecule has 1 aromatic carbocycles. The van der Waals surface area contributed by atoms with Crippen LogP contribution in [-0.4, -0.2) is 22.7 Å². The highest BCUT2D eigenvalue weighted by molar-refractivity contribution is 9.10. The predicted octanol–water partition coefficient (Wildman–Crippen LogP) is 3.70. The van der Waals surface area contributed by atoms with E-state index in [1.807, 2.05) is 30.3 Å². The Hall–Kier alpha value is -1.82. The fraction of sp³-hybridized carbons (Fsp3) is 0.333. The van der Waals surface area contributed by atoms with Crippen molar-refractivity contribution in [1.29, 1.82) is 0 Å². The van der Waals surface area contributed by atoms with Crippen LogP contribution >= 0.6 is 15.9 Å². The van der Waals surface area contributed by atoms with E-state index in [4.69, 9.17) is 4.74 Å². The lowest BCUT2D eigenvalue weighted by Gasteiger charge is -2.06. The molecule has 0 unspecified atom stereocenters. The number of H-pyrrole nitrogens is 1. The molecule has 0 aliphatic heterocycles. The van der Waals surface area contributed by atoms with Gasteiger partial charge in [-0.05, 0) is 24.1 Å². The van der Waals surface area contributed by atoms with Crippen LogP contribution in [0, 0.1) is 0 Å². The summed E-state index contributed by atoms with van der Waals surface area (Å²) in [6.07, 6.45) is 0.274. The van der Waals surface area contributed by atoms with E-state index in [1.165, 1.54) is 0 Å². The van der Waals surface area contributed by atoms with Gasteiger partial charge in [0.1, 0.15) is 5.75 Å². The predicted molar refractivity (Wildman–Crippen MR) is 85.6 cm³/mol. The molecule has 0 aliphatic carbocycles. The van der Waals surface area contributed by atoms with Crippen LogP contribution in [0.15, 0.2) is 34.8 Å². The first-order valence-corrected chi connectivity index (χ1v) is 7.57. The molecule has 0 radical (unpaired) electrons. The molecule has 5 nitrogen and oxygen atoms in total. The average Bonchev–Trinajstić information content (AvgIpc) is 2.87. The quantitative estimate of drug-likeness (QED) is 0.833. The molecule has 1 aromatic heterocycles. The fourth-order valence-electron chi connectivity index (χ4n) is 1.72. The summed E-state index contributed by atoms with van der Waals surface area (Å²) in [5.41, 5.74) is 0.996. The molecule has 1 heterocycles. The molecular weight excluding hydrogens is 334 g/mol. The lowest BCUT2D eigenvalue weighted by atomic mass is 10.1. The van der Waals surface area contributed by atoms with Crippen LogP contribution in [0.2, 0.25) is 0 Å². The first-order valence-electron chi connectivity index (χ1n) is 6.78. The average molecular weight is 352 g/mol. The number of amides is 1. The van der Waals surface area contributed by atoms with Crippen molar-refractivity contribution in [3.8, 4) is 5.75 Å². The second kappa shape index (κ2) is 7.26. The van der Waals surface area contributed by atoms with E-state index in [9.17, 15) is 4.79 Å². The molecule has 0 bridgehead atoms. The van der Waals surface area contributed by atoms with Crippen LogP contribution in [0.25, 0.3) is 0 Å². The molecule has 2 aromatic rings. The van der Waals surface area contributed by atoms with Gasteiger partial charge in [-0.2, -0.15) is 5.10 Å². The topological polar surface area (TPSA) is 67.0 Å². The second-order valence-electron chi connectivity index (χ2n) is 4.97. The Balaban J connectivity index is 1.77. The van der Waals surface area contributed by atoms with Gasteiger partial charge in [0.05, 0.1) is 13.0 Å². The van der Waals surface area contributed by atoms with E-state index in [0.717, 1.165) is 15.9 Å². The number of rotatable bonds is 6. The number of carbonyl (C=O) groups is 1. The van der Waals surface area contributed by atoms with E-state index in [0.29, 0.717) is 18.3 Å². The molecule has 2 N–H and O–H groups in total. The molecule has 0 atom stereocenters. The SMILES string of the molecule is CC(C)c1cc(NC(=O)CCOc2cccc(Br)c2)n[nH]1. The van der Waals surface area contributed by atoms with Crippen molar-refractivity contribution >= 4 is 27.7 Å². The minimum absolute atomic E-state index is 0.119. The number of ether oxygens (including phenoxy) is 1. The normalized spacial score (nSPS) is 10.7. The number of benzene rings is 1. The van der Waals surface area contributed by atoms with Crippen molar-refractivity contribution in [3.63, 3.8) is 0 Å². The van der Waals surface area contributed by atoms with Gasteiger partial charge in [0.15, 0.2) is 5.82 Å². The van der Waals surface area contributed by atoms with Crippen LogP contribution in [-0.2, 0) is 4.79 Å².